The Hall–Kier alpha value is -2.27. The first kappa shape index (κ1) is 17.2. The predicted molar refractivity (Wildman–Crippen MR) is 105 cm³/mol. The molecule has 0 fully saturated rings. The summed E-state index contributed by atoms with van der Waals surface area (Å²) in [5.41, 5.74) is 6.26. The summed E-state index contributed by atoms with van der Waals surface area (Å²) in [6, 6.07) is 16.5. The van der Waals surface area contributed by atoms with E-state index in [4.69, 9.17) is 16.0 Å². The third-order valence-electron chi connectivity index (χ3n) is 4.77. The molecule has 26 heavy (non-hydrogen) atoms. The molecule has 0 aliphatic carbocycles. The predicted octanol–water partition coefficient (Wildman–Crippen LogP) is 5.19. The Bertz CT molecular complexity index is 1100. The minimum Gasteiger partial charge on any atom is -0.441 e. The number of nitrogens with one attached hydrogen (secondary N) is 1. The van der Waals surface area contributed by atoms with Crippen molar-refractivity contribution in [3.05, 3.63) is 82.5 Å². The molecule has 1 aliphatic heterocycles. The maximum absolute atomic E-state index is 6.45. The molecule has 0 saturated heterocycles. The Morgan fingerprint density at radius 2 is 2.08 bits per heavy atom. The summed E-state index contributed by atoms with van der Waals surface area (Å²) in [7, 11) is 0. The number of oxazole rings is 1. The van der Waals surface area contributed by atoms with Gasteiger partial charge in [0.2, 0.25) is 0 Å². The zero-order valence-corrected chi connectivity index (χ0v) is 15.6. The summed E-state index contributed by atoms with van der Waals surface area (Å²) in [5.74, 6) is 0.684. The zero-order chi connectivity index (χ0) is 17.0. The number of halogens is 2. The Labute approximate surface area is 162 Å². The van der Waals surface area contributed by atoms with E-state index in [1.165, 1.54) is 5.69 Å². The summed E-state index contributed by atoms with van der Waals surface area (Å²) in [4.78, 5) is 4.39. The highest BCUT2D eigenvalue weighted by Crippen LogP contribution is 2.34. The van der Waals surface area contributed by atoms with E-state index >= 15 is 0 Å². The normalized spacial score (nSPS) is 15.8. The number of hydrogen-bond donors (Lipinski definition) is 1. The maximum atomic E-state index is 6.45. The van der Waals surface area contributed by atoms with Crippen LogP contribution in [0.5, 0.6) is 0 Å². The molecule has 3 heterocycles. The van der Waals surface area contributed by atoms with E-state index in [1.54, 1.807) is 0 Å². The number of rotatable bonds is 1. The molecule has 1 unspecified atom stereocenters. The molecule has 2 aromatic carbocycles. The summed E-state index contributed by atoms with van der Waals surface area (Å²) in [5, 5.41) is 4.43. The van der Waals surface area contributed by atoms with Gasteiger partial charge in [0.25, 0.3) is 0 Å². The molecule has 1 aliphatic rings. The van der Waals surface area contributed by atoms with Crippen LogP contribution in [-0.4, -0.2) is 9.55 Å². The zero-order valence-electron chi connectivity index (χ0n) is 14.1. The molecule has 1 N–H and O–H groups in total. The van der Waals surface area contributed by atoms with Crippen molar-refractivity contribution in [3.63, 3.8) is 0 Å². The molecule has 0 radical (unpaired) electrons. The molecule has 5 rings (SSSR count). The van der Waals surface area contributed by atoms with Crippen LogP contribution in [0.2, 0.25) is 5.02 Å². The van der Waals surface area contributed by atoms with E-state index < -0.39 is 0 Å². The van der Waals surface area contributed by atoms with Crippen molar-refractivity contribution < 1.29 is 4.42 Å². The van der Waals surface area contributed by atoms with Crippen LogP contribution in [0.15, 0.2) is 59.1 Å². The Balaban J connectivity index is 0.00000168. The first-order valence-corrected chi connectivity index (χ1v) is 8.64. The smallest absolute Gasteiger partial charge is 0.192 e. The minimum atomic E-state index is 0. The standard InChI is InChI=1S/C20H16ClN3O.ClH/c1-12-23-16-8-7-13(10-19(16)25-12)20-18-6-3-9-24(18)17-5-2-4-15(21)14(17)11-22-20;/h2-10,20,22H,11H2,1H3;1H. The van der Waals surface area contributed by atoms with Gasteiger partial charge in [0, 0.05) is 35.9 Å². The topological polar surface area (TPSA) is 43.0 Å². The molecular formula is C20H17Cl2N3O. The lowest BCUT2D eigenvalue weighted by atomic mass is 10.0. The second kappa shape index (κ2) is 6.47. The lowest BCUT2D eigenvalue weighted by Gasteiger charge is -2.18. The number of fused-ring (bicyclic) bond motifs is 4. The molecule has 1 atom stereocenters. The van der Waals surface area contributed by atoms with Crippen LogP contribution in [0, 0.1) is 6.92 Å². The van der Waals surface area contributed by atoms with E-state index in [0.29, 0.717) is 12.4 Å². The molecule has 132 valence electrons. The van der Waals surface area contributed by atoms with Gasteiger partial charge in [-0.15, -0.1) is 12.4 Å². The van der Waals surface area contributed by atoms with Crippen molar-refractivity contribution in [2.24, 2.45) is 0 Å². The van der Waals surface area contributed by atoms with Crippen LogP contribution in [0.1, 0.15) is 28.8 Å². The number of aromatic nitrogens is 2. The van der Waals surface area contributed by atoms with Crippen LogP contribution < -0.4 is 5.32 Å². The molecule has 0 saturated carbocycles. The molecule has 0 spiro atoms. The second-order valence-electron chi connectivity index (χ2n) is 6.31. The van der Waals surface area contributed by atoms with Gasteiger partial charge in [0.05, 0.1) is 11.7 Å². The fourth-order valence-corrected chi connectivity index (χ4v) is 3.87. The van der Waals surface area contributed by atoms with Gasteiger partial charge in [0.1, 0.15) is 5.52 Å². The molecular weight excluding hydrogens is 369 g/mol. The summed E-state index contributed by atoms with van der Waals surface area (Å²) in [6.45, 7) is 2.57. The van der Waals surface area contributed by atoms with Crippen LogP contribution in [0.25, 0.3) is 16.8 Å². The van der Waals surface area contributed by atoms with Crippen molar-refractivity contribution in [1.82, 2.24) is 14.9 Å². The first-order chi connectivity index (χ1) is 12.2. The van der Waals surface area contributed by atoms with Crippen LogP contribution in [0.3, 0.4) is 0 Å². The molecule has 0 amide bonds. The van der Waals surface area contributed by atoms with Gasteiger partial charge in [0.15, 0.2) is 11.5 Å². The highest BCUT2D eigenvalue weighted by Gasteiger charge is 2.24. The third-order valence-corrected chi connectivity index (χ3v) is 5.12. The second-order valence-corrected chi connectivity index (χ2v) is 6.72. The van der Waals surface area contributed by atoms with E-state index in [-0.39, 0.29) is 18.4 Å². The highest BCUT2D eigenvalue weighted by molar-refractivity contribution is 6.31. The molecule has 4 nitrogen and oxygen atoms in total. The van der Waals surface area contributed by atoms with Gasteiger partial charge >= 0.3 is 0 Å². The van der Waals surface area contributed by atoms with E-state index in [1.807, 2.05) is 25.1 Å². The fraction of sp³-hybridized carbons (Fsp3) is 0.150. The first-order valence-electron chi connectivity index (χ1n) is 8.26. The number of benzene rings is 2. The fourth-order valence-electron chi connectivity index (χ4n) is 3.63. The van der Waals surface area contributed by atoms with E-state index in [0.717, 1.165) is 32.9 Å². The summed E-state index contributed by atoms with van der Waals surface area (Å²) in [6.07, 6.45) is 2.08. The van der Waals surface area contributed by atoms with Gasteiger partial charge < -0.3 is 14.3 Å². The van der Waals surface area contributed by atoms with Gasteiger partial charge in [-0.1, -0.05) is 23.7 Å². The lowest BCUT2D eigenvalue weighted by Crippen LogP contribution is -2.21. The van der Waals surface area contributed by atoms with E-state index in [2.05, 4.69) is 51.4 Å². The number of hydrogen-bond acceptors (Lipinski definition) is 3. The van der Waals surface area contributed by atoms with Gasteiger partial charge in [-0.25, -0.2) is 4.98 Å². The lowest BCUT2D eigenvalue weighted by molar-refractivity contribution is 0.558. The Morgan fingerprint density at radius 3 is 2.96 bits per heavy atom. The SMILES string of the molecule is Cc1nc2ccc(C3NCc4c(Cl)cccc4-n4cccc43)cc2o1.Cl. The van der Waals surface area contributed by atoms with Gasteiger partial charge in [-0.05, 0) is 42.0 Å². The third kappa shape index (κ3) is 2.62. The van der Waals surface area contributed by atoms with Crippen molar-refractivity contribution >= 4 is 35.1 Å². The van der Waals surface area contributed by atoms with Crippen LogP contribution >= 0.6 is 24.0 Å². The summed E-state index contributed by atoms with van der Waals surface area (Å²) < 4.78 is 7.92. The number of nitrogens with zero attached hydrogens (tertiary/aromatic N) is 2. The largest absolute Gasteiger partial charge is 0.441 e. The summed E-state index contributed by atoms with van der Waals surface area (Å²) >= 11 is 6.45. The molecule has 0 bridgehead atoms. The molecule has 2 aromatic heterocycles. The quantitative estimate of drug-likeness (QED) is 0.489. The molecule has 6 heteroatoms. The Kier molecular flexibility index (Phi) is 4.27. The van der Waals surface area contributed by atoms with Gasteiger partial charge in [-0.3, -0.25) is 0 Å². The van der Waals surface area contributed by atoms with Crippen LogP contribution in [-0.2, 0) is 6.54 Å². The van der Waals surface area contributed by atoms with Crippen molar-refractivity contribution in [2.45, 2.75) is 19.5 Å². The van der Waals surface area contributed by atoms with Crippen molar-refractivity contribution in [2.75, 3.05) is 0 Å². The van der Waals surface area contributed by atoms with Gasteiger partial charge in [-0.2, -0.15) is 0 Å². The monoisotopic (exact) mass is 385 g/mol. The molecule has 4 aromatic rings. The maximum Gasteiger partial charge on any atom is 0.192 e. The number of aryl methyl sites for hydroxylation is 1. The average molecular weight is 386 g/mol. The van der Waals surface area contributed by atoms with Crippen molar-refractivity contribution in [3.8, 4) is 5.69 Å². The van der Waals surface area contributed by atoms with E-state index in [9.17, 15) is 0 Å². The minimum absolute atomic E-state index is 0. The average Bonchev–Trinajstić information content (AvgIpc) is 3.18. The highest BCUT2D eigenvalue weighted by atomic mass is 35.5. The van der Waals surface area contributed by atoms with Crippen molar-refractivity contribution in [1.29, 1.82) is 0 Å². The van der Waals surface area contributed by atoms with Crippen LogP contribution in [0.4, 0.5) is 0 Å². The Morgan fingerprint density at radius 1 is 1.19 bits per heavy atom.